The molecule has 0 aromatic heterocycles. The summed E-state index contributed by atoms with van der Waals surface area (Å²) in [7, 11) is 1.85. The molecule has 0 atom stereocenters. The molecular formula is C20H28N4O2. The van der Waals surface area contributed by atoms with E-state index in [4.69, 9.17) is 4.74 Å². The third-order valence-electron chi connectivity index (χ3n) is 5.99. The lowest BCUT2D eigenvalue weighted by molar-refractivity contribution is -0.116. The highest BCUT2D eigenvalue weighted by molar-refractivity contribution is 5.94. The average Bonchev–Trinajstić information content (AvgIpc) is 3.08. The molecule has 0 unspecified atom stereocenters. The number of amides is 1. The van der Waals surface area contributed by atoms with Crippen LogP contribution in [0, 0.1) is 5.41 Å². The van der Waals surface area contributed by atoms with Crippen molar-refractivity contribution in [2.24, 2.45) is 10.4 Å². The molecule has 2 aliphatic heterocycles. The van der Waals surface area contributed by atoms with E-state index in [-0.39, 0.29) is 5.91 Å². The van der Waals surface area contributed by atoms with Crippen molar-refractivity contribution in [2.75, 3.05) is 38.6 Å². The van der Waals surface area contributed by atoms with E-state index in [1.54, 1.807) is 0 Å². The van der Waals surface area contributed by atoms with Crippen LogP contribution in [0.2, 0.25) is 0 Å². The van der Waals surface area contributed by atoms with Gasteiger partial charge in [0.25, 0.3) is 0 Å². The zero-order valence-electron chi connectivity index (χ0n) is 15.5. The lowest BCUT2D eigenvalue weighted by atomic mass is 9.68. The number of guanidine groups is 1. The third kappa shape index (κ3) is 3.50. The van der Waals surface area contributed by atoms with Gasteiger partial charge < -0.3 is 20.3 Å². The van der Waals surface area contributed by atoms with Crippen molar-refractivity contribution < 1.29 is 9.53 Å². The Balaban J connectivity index is 1.24. The Morgan fingerprint density at radius 1 is 1.35 bits per heavy atom. The SMILES string of the molecule is CN=C(NCCOc1ccc2c(c1)CCC(=O)N2)N1CCC2(CCC2)C1. The molecule has 1 aromatic carbocycles. The van der Waals surface area contributed by atoms with Crippen LogP contribution < -0.4 is 15.4 Å². The molecule has 6 heteroatoms. The number of hydrogen-bond donors (Lipinski definition) is 2. The van der Waals surface area contributed by atoms with Gasteiger partial charge in [-0.3, -0.25) is 9.79 Å². The Labute approximate surface area is 155 Å². The first-order valence-electron chi connectivity index (χ1n) is 9.69. The quantitative estimate of drug-likeness (QED) is 0.494. The van der Waals surface area contributed by atoms with E-state index in [0.717, 1.165) is 49.0 Å². The number of rotatable bonds is 4. The van der Waals surface area contributed by atoms with Gasteiger partial charge in [0, 0.05) is 32.2 Å². The number of nitrogens with zero attached hydrogens (tertiary/aromatic N) is 2. The largest absolute Gasteiger partial charge is 0.492 e. The summed E-state index contributed by atoms with van der Waals surface area (Å²) in [6.07, 6.45) is 6.77. The molecule has 1 aliphatic carbocycles. The van der Waals surface area contributed by atoms with Gasteiger partial charge in [-0.1, -0.05) is 6.42 Å². The van der Waals surface area contributed by atoms with Gasteiger partial charge in [0.1, 0.15) is 12.4 Å². The van der Waals surface area contributed by atoms with Crippen LogP contribution in [0.4, 0.5) is 5.69 Å². The lowest BCUT2D eigenvalue weighted by Gasteiger charge is -2.38. The summed E-state index contributed by atoms with van der Waals surface area (Å²) < 4.78 is 5.88. The molecule has 1 amide bonds. The second-order valence-corrected chi connectivity index (χ2v) is 7.71. The summed E-state index contributed by atoms with van der Waals surface area (Å²) in [4.78, 5) is 18.2. The first kappa shape index (κ1) is 17.2. The summed E-state index contributed by atoms with van der Waals surface area (Å²) in [5, 5.41) is 6.33. The molecule has 1 saturated carbocycles. The Kier molecular flexibility index (Phi) is 4.74. The molecule has 140 valence electrons. The molecule has 3 aliphatic rings. The summed E-state index contributed by atoms with van der Waals surface area (Å²) >= 11 is 0. The smallest absolute Gasteiger partial charge is 0.224 e. The molecule has 2 heterocycles. The summed E-state index contributed by atoms with van der Waals surface area (Å²) in [5.74, 6) is 1.93. The Bertz CT molecular complexity index is 712. The predicted octanol–water partition coefficient (Wildman–Crippen LogP) is 2.40. The minimum Gasteiger partial charge on any atom is -0.492 e. The van der Waals surface area contributed by atoms with Crippen LogP contribution in [-0.4, -0.2) is 50.1 Å². The molecule has 2 N–H and O–H groups in total. The monoisotopic (exact) mass is 356 g/mol. The fourth-order valence-corrected chi connectivity index (χ4v) is 4.31. The van der Waals surface area contributed by atoms with Crippen molar-refractivity contribution >= 4 is 17.6 Å². The van der Waals surface area contributed by atoms with Gasteiger partial charge >= 0.3 is 0 Å². The van der Waals surface area contributed by atoms with E-state index in [0.29, 0.717) is 18.4 Å². The van der Waals surface area contributed by atoms with E-state index < -0.39 is 0 Å². The van der Waals surface area contributed by atoms with Gasteiger partial charge in [0.15, 0.2) is 5.96 Å². The van der Waals surface area contributed by atoms with Crippen molar-refractivity contribution in [3.8, 4) is 5.75 Å². The van der Waals surface area contributed by atoms with E-state index in [1.165, 1.54) is 25.7 Å². The van der Waals surface area contributed by atoms with Crippen molar-refractivity contribution in [3.63, 3.8) is 0 Å². The van der Waals surface area contributed by atoms with E-state index in [9.17, 15) is 4.79 Å². The summed E-state index contributed by atoms with van der Waals surface area (Å²) in [6, 6.07) is 5.88. The third-order valence-corrected chi connectivity index (χ3v) is 5.99. The molecule has 4 rings (SSSR count). The summed E-state index contributed by atoms with van der Waals surface area (Å²) in [5.41, 5.74) is 2.63. The number of hydrogen-bond acceptors (Lipinski definition) is 3. The second kappa shape index (κ2) is 7.17. The topological polar surface area (TPSA) is 66.0 Å². The number of carbonyl (C=O) groups excluding carboxylic acids is 1. The van der Waals surface area contributed by atoms with Gasteiger partial charge in [-0.15, -0.1) is 0 Å². The standard InChI is InChI=1S/C20H28N4O2/c1-21-19(24-11-9-20(14-24)7-2-8-20)22-10-12-26-16-4-5-17-15(13-16)3-6-18(25)23-17/h4-5,13H,2-3,6-12,14H2,1H3,(H,21,22)(H,23,25). The molecule has 1 aromatic rings. The predicted molar refractivity (Wildman–Crippen MR) is 103 cm³/mol. The number of fused-ring (bicyclic) bond motifs is 1. The van der Waals surface area contributed by atoms with Crippen molar-refractivity contribution in [1.29, 1.82) is 0 Å². The van der Waals surface area contributed by atoms with Crippen LogP contribution in [0.5, 0.6) is 5.75 Å². The molecule has 6 nitrogen and oxygen atoms in total. The van der Waals surface area contributed by atoms with Crippen LogP contribution in [0.1, 0.15) is 37.7 Å². The Morgan fingerprint density at radius 3 is 2.96 bits per heavy atom. The van der Waals surface area contributed by atoms with Crippen LogP contribution in [-0.2, 0) is 11.2 Å². The molecule has 2 fully saturated rings. The first-order chi connectivity index (χ1) is 12.7. The zero-order chi connectivity index (χ0) is 18.0. The van der Waals surface area contributed by atoms with Gasteiger partial charge in [-0.2, -0.15) is 0 Å². The number of likely N-dealkylation sites (tertiary alicyclic amines) is 1. The number of benzene rings is 1. The van der Waals surface area contributed by atoms with Crippen molar-refractivity contribution in [3.05, 3.63) is 23.8 Å². The maximum absolute atomic E-state index is 11.4. The number of ether oxygens (including phenoxy) is 1. The number of nitrogens with one attached hydrogen (secondary N) is 2. The molecule has 1 spiro atoms. The molecular weight excluding hydrogens is 328 g/mol. The minimum atomic E-state index is 0.0901. The highest BCUT2D eigenvalue weighted by Gasteiger charge is 2.43. The second-order valence-electron chi connectivity index (χ2n) is 7.71. The number of aliphatic imine (C=N–C) groups is 1. The Hall–Kier alpha value is -2.24. The zero-order valence-corrected chi connectivity index (χ0v) is 15.5. The summed E-state index contributed by atoms with van der Waals surface area (Å²) in [6.45, 7) is 3.56. The van der Waals surface area contributed by atoms with E-state index >= 15 is 0 Å². The fraction of sp³-hybridized carbons (Fsp3) is 0.600. The van der Waals surface area contributed by atoms with Crippen LogP contribution in [0.3, 0.4) is 0 Å². The average molecular weight is 356 g/mol. The van der Waals surface area contributed by atoms with Crippen molar-refractivity contribution in [2.45, 2.75) is 38.5 Å². The molecule has 0 bridgehead atoms. The number of aryl methyl sites for hydroxylation is 1. The minimum absolute atomic E-state index is 0.0901. The van der Waals surface area contributed by atoms with E-state index in [1.807, 2.05) is 25.2 Å². The van der Waals surface area contributed by atoms with Crippen LogP contribution in [0.15, 0.2) is 23.2 Å². The fourth-order valence-electron chi connectivity index (χ4n) is 4.31. The van der Waals surface area contributed by atoms with Gasteiger partial charge in [0.05, 0.1) is 6.54 Å². The van der Waals surface area contributed by atoms with Crippen LogP contribution in [0.25, 0.3) is 0 Å². The van der Waals surface area contributed by atoms with Crippen molar-refractivity contribution in [1.82, 2.24) is 10.2 Å². The first-order valence-corrected chi connectivity index (χ1v) is 9.69. The van der Waals surface area contributed by atoms with Crippen LogP contribution >= 0.6 is 0 Å². The highest BCUT2D eigenvalue weighted by Crippen LogP contribution is 2.47. The maximum Gasteiger partial charge on any atom is 0.224 e. The van der Waals surface area contributed by atoms with Gasteiger partial charge in [0.2, 0.25) is 5.91 Å². The normalized spacial score (nSPS) is 21.2. The highest BCUT2D eigenvalue weighted by atomic mass is 16.5. The van der Waals surface area contributed by atoms with E-state index in [2.05, 4.69) is 20.5 Å². The lowest BCUT2D eigenvalue weighted by Crippen LogP contribution is -2.43. The van der Waals surface area contributed by atoms with Gasteiger partial charge in [-0.05, 0) is 54.9 Å². The molecule has 26 heavy (non-hydrogen) atoms. The maximum atomic E-state index is 11.4. The Morgan fingerprint density at radius 2 is 2.23 bits per heavy atom. The molecule has 1 saturated heterocycles. The van der Waals surface area contributed by atoms with Gasteiger partial charge in [-0.25, -0.2) is 0 Å². The number of carbonyl (C=O) groups is 1. The number of anilines is 1. The molecule has 0 radical (unpaired) electrons.